The lowest BCUT2D eigenvalue weighted by molar-refractivity contribution is -0.118. The highest BCUT2D eigenvalue weighted by Gasteiger charge is 2.20. The van der Waals surface area contributed by atoms with Crippen molar-refractivity contribution in [3.05, 3.63) is 18.3 Å². The summed E-state index contributed by atoms with van der Waals surface area (Å²) in [5.74, 6) is 0.798. The fourth-order valence-corrected chi connectivity index (χ4v) is 1.89. The largest absolute Gasteiger partial charge is 0.491 e. The van der Waals surface area contributed by atoms with Gasteiger partial charge >= 0.3 is 0 Å². The van der Waals surface area contributed by atoms with E-state index in [-0.39, 0.29) is 5.91 Å². The molecule has 2 heterocycles. The predicted octanol–water partition coefficient (Wildman–Crippen LogP) is 1.31. The van der Waals surface area contributed by atoms with Crippen molar-refractivity contribution in [1.29, 1.82) is 0 Å². The van der Waals surface area contributed by atoms with Gasteiger partial charge in [0, 0.05) is 18.5 Å². The number of hydrogen-bond acceptors (Lipinski definition) is 3. The second-order valence-electron chi connectivity index (χ2n) is 3.83. The zero-order valence-electron chi connectivity index (χ0n) is 8.86. The fraction of sp³-hybridized carbons (Fsp3) is 0.273. The molecule has 5 nitrogen and oxygen atoms in total. The SMILES string of the molecule is CN1C(=O)CCOc2cc3[nH]ncc3cc21. The minimum absolute atomic E-state index is 0.0709. The van der Waals surface area contributed by atoms with E-state index in [0.717, 1.165) is 22.3 Å². The van der Waals surface area contributed by atoms with Gasteiger partial charge in [-0.05, 0) is 6.07 Å². The third kappa shape index (κ3) is 1.25. The van der Waals surface area contributed by atoms with E-state index in [9.17, 15) is 4.79 Å². The van der Waals surface area contributed by atoms with Crippen LogP contribution in [-0.2, 0) is 4.79 Å². The van der Waals surface area contributed by atoms with E-state index in [1.165, 1.54) is 0 Å². The molecule has 2 aromatic rings. The normalized spacial score (nSPS) is 15.8. The monoisotopic (exact) mass is 217 g/mol. The second kappa shape index (κ2) is 3.23. The molecule has 1 amide bonds. The first kappa shape index (κ1) is 9.21. The summed E-state index contributed by atoms with van der Waals surface area (Å²) in [5, 5.41) is 7.81. The maximum atomic E-state index is 11.7. The summed E-state index contributed by atoms with van der Waals surface area (Å²) in [4.78, 5) is 13.3. The summed E-state index contributed by atoms with van der Waals surface area (Å²) in [6.45, 7) is 0.426. The number of carbonyl (C=O) groups excluding carboxylic acids is 1. The molecule has 16 heavy (non-hydrogen) atoms. The highest BCUT2D eigenvalue weighted by Crippen LogP contribution is 2.33. The minimum Gasteiger partial charge on any atom is -0.491 e. The van der Waals surface area contributed by atoms with Crippen LogP contribution in [0.2, 0.25) is 0 Å². The quantitative estimate of drug-likeness (QED) is 0.723. The molecule has 0 atom stereocenters. The van der Waals surface area contributed by atoms with E-state index in [4.69, 9.17) is 4.74 Å². The van der Waals surface area contributed by atoms with Crippen LogP contribution in [0, 0.1) is 0 Å². The molecule has 1 aliphatic rings. The number of carbonyl (C=O) groups is 1. The summed E-state index contributed by atoms with van der Waals surface area (Å²) in [6, 6.07) is 3.80. The second-order valence-corrected chi connectivity index (χ2v) is 3.83. The maximum Gasteiger partial charge on any atom is 0.230 e. The van der Waals surface area contributed by atoms with Crippen molar-refractivity contribution < 1.29 is 9.53 Å². The molecule has 3 rings (SSSR count). The molecule has 82 valence electrons. The molecule has 0 radical (unpaired) electrons. The van der Waals surface area contributed by atoms with Crippen LogP contribution in [0.1, 0.15) is 6.42 Å². The smallest absolute Gasteiger partial charge is 0.230 e. The van der Waals surface area contributed by atoms with Crippen LogP contribution in [0.5, 0.6) is 5.75 Å². The topological polar surface area (TPSA) is 58.2 Å². The summed E-state index contributed by atoms with van der Waals surface area (Å²) < 4.78 is 5.56. The number of aromatic amines is 1. The van der Waals surface area contributed by atoms with E-state index in [1.54, 1.807) is 18.1 Å². The van der Waals surface area contributed by atoms with Crippen LogP contribution in [0.3, 0.4) is 0 Å². The van der Waals surface area contributed by atoms with Crippen LogP contribution in [0.25, 0.3) is 10.9 Å². The highest BCUT2D eigenvalue weighted by atomic mass is 16.5. The Morgan fingerprint density at radius 2 is 2.38 bits per heavy atom. The average Bonchev–Trinajstić information content (AvgIpc) is 2.68. The Bertz CT molecular complexity index is 561. The third-order valence-electron chi connectivity index (χ3n) is 2.83. The number of nitrogens with one attached hydrogen (secondary N) is 1. The standard InChI is InChI=1S/C11H11N3O2/c1-14-9-4-7-6-12-13-8(7)5-10(9)16-3-2-11(14)15/h4-6H,2-3H2,1H3,(H,12,13). The molecule has 1 aromatic carbocycles. The zero-order valence-corrected chi connectivity index (χ0v) is 8.86. The van der Waals surface area contributed by atoms with Gasteiger partial charge in [-0.25, -0.2) is 0 Å². The van der Waals surface area contributed by atoms with Crippen LogP contribution in [-0.4, -0.2) is 29.8 Å². The molecule has 1 aliphatic heterocycles. The van der Waals surface area contributed by atoms with Crippen LogP contribution < -0.4 is 9.64 Å². The van der Waals surface area contributed by atoms with E-state index >= 15 is 0 Å². The van der Waals surface area contributed by atoms with Crippen molar-refractivity contribution in [3.8, 4) is 5.75 Å². The fourth-order valence-electron chi connectivity index (χ4n) is 1.89. The molecule has 0 unspecified atom stereocenters. The Morgan fingerprint density at radius 3 is 3.25 bits per heavy atom. The van der Waals surface area contributed by atoms with Gasteiger partial charge in [-0.1, -0.05) is 0 Å². The summed E-state index contributed by atoms with van der Waals surface area (Å²) in [7, 11) is 1.77. The van der Waals surface area contributed by atoms with Crippen molar-refractivity contribution in [3.63, 3.8) is 0 Å². The van der Waals surface area contributed by atoms with Gasteiger partial charge in [-0.15, -0.1) is 0 Å². The first-order valence-corrected chi connectivity index (χ1v) is 5.12. The molecule has 0 fully saturated rings. The molecule has 0 saturated carbocycles. The van der Waals surface area contributed by atoms with Crippen LogP contribution >= 0.6 is 0 Å². The van der Waals surface area contributed by atoms with Gasteiger partial charge in [0.1, 0.15) is 5.75 Å². The van der Waals surface area contributed by atoms with Gasteiger partial charge in [0.05, 0.1) is 30.4 Å². The first-order valence-electron chi connectivity index (χ1n) is 5.12. The lowest BCUT2D eigenvalue weighted by Crippen LogP contribution is -2.25. The maximum absolute atomic E-state index is 11.7. The number of fused-ring (bicyclic) bond motifs is 2. The number of aromatic nitrogens is 2. The van der Waals surface area contributed by atoms with E-state index < -0.39 is 0 Å². The Balaban J connectivity index is 2.23. The van der Waals surface area contributed by atoms with E-state index in [2.05, 4.69) is 10.2 Å². The van der Waals surface area contributed by atoms with Gasteiger partial charge in [-0.3, -0.25) is 9.89 Å². The predicted molar refractivity (Wildman–Crippen MR) is 59.6 cm³/mol. The lowest BCUT2D eigenvalue weighted by atomic mass is 10.2. The summed E-state index contributed by atoms with van der Waals surface area (Å²) in [6.07, 6.45) is 2.15. The average molecular weight is 217 g/mol. The van der Waals surface area contributed by atoms with Gasteiger partial charge in [0.2, 0.25) is 5.91 Å². The Kier molecular flexibility index (Phi) is 1.86. The molecule has 5 heteroatoms. The number of ether oxygens (including phenoxy) is 1. The Hall–Kier alpha value is -2.04. The third-order valence-corrected chi connectivity index (χ3v) is 2.83. The molecule has 1 aromatic heterocycles. The van der Waals surface area contributed by atoms with E-state index in [0.29, 0.717) is 13.0 Å². The lowest BCUT2D eigenvalue weighted by Gasteiger charge is -2.15. The Labute approximate surface area is 92.0 Å². The van der Waals surface area contributed by atoms with Crippen molar-refractivity contribution in [1.82, 2.24) is 10.2 Å². The number of anilines is 1. The molecule has 0 spiro atoms. The summed E-state index contributed by atoms with van der Waals surface area (Å²) in [5.41, 5.74) is 1.72. The first-order chi connectivity index (χ1) is 7.75. The number of H-pyrrole nitrogens is 1. The number of benzene rings is 1. The number of amides is 1. The highest BCUT2D eigenvalue weighted by molar-refractivity contribution is 5.98. The molecule has 0 aliphatic carbocycles. The molecule has 0 bridgehead atoms. The number of hydrogen-bond donors (Lipinski definition) is 1. The van der Waals surface area contributed by atoms with E-state index in [1.807, 2.05) is 12.1 Å². The molecular formula is C11H11N3O2. The summed E-state index contributed by atoms with van der Waals surface area (Å²) >= 11 is 0. The van der Waals surface area contributed by atoms with Crippen LogP contribution in [0.4, 0.5) is 5.69 Å². The van der Waals surface area contributed by atoms with Crippen molar-refractivity contribution in [2.75, 3.05) is 18.6 Å². The van der Waals surface area contributed by atoms with Gasteiger partial charge in [0.25, 0.3) is 0 Å². The number of rotatable bonds is 0. The molecule has 1 N–H and O–H groups in total. The van der Waals surface area contributed by atoms with Crippen molar-refractivity contribution >= 4 is 22.5 Å². The van der Waals surface area contributed by atoms with Gasteiger partial charge < -0.3 is 9.64 Å². The molecular weight excluding hydrogens is 206 g/mol. The van der Waals surface area contributed by atoms with Crippen LogP contribution in [0.15, 0.2) is 18.3 Å². The minimum atomic E-state index is 0.0709. The van der Waals surface area contributed by atoms with Crippen molar-refractivity contribution in [2.24, 2.45) is 0 Å². The van der Waals surface area contributed by atoms with Crippen molar-refractivity contribution in [2.45, 2.75) is 6.42 Å². The zero-order chi connectivity index (χ0) is 11.1. The van der Waals surface area contributed by atoms with Gasteiger partial charge in [0.15, 0.2) is 0 Å². The van der Waals surface area contributed by atoms with Gasteiger partial charge in [-0.2, -0.15) is 5.10 Å². The Morgan fingerprint density at radius 1 is 1.50 bits per heavy atom. The number of nitrogens with zero attached hydrogens (tertiary/aromatic N) is 2. The molecule has 0 saturated heterocycles.